The predicted octanol–water partition coefficient (Wildman–Crippen LogP) is 4.06. The molecule has 1 unspecified atom stereocenters. The van der Waals surface area contributed by atoms with Gasteiger partial charge in [0.1, 0.15) is 0 Å². The highest BCUT2D eigenvalue weighted by Crippen LogP contribution is 2.35. The molecule has 0 aliphatic rings. The molecular formula is C14H19F3O. The monoisotopic (exact) mass is 260 g/mol. The lowest BCUT2D eigenvalue weighted by Gasteiger charge is -2.29. The molecule has 0 radical (unpaired) electrons. The SMILES string of the molecule is Cc1cc(C(F)(F)F)ccc1C(C)(C)CC(C)O. The Labute approximate surface area is 106 Å². The minimum atomic E-state index is -4.31. The number of benzene rings is 1. The molecule has 4 heteroatoms. The van der Waals surface area contributed by atoms with Crippen molar-refractivity contribution in [3.8, 4) is 0 Å². The van der Waals surface area contributed by atoms with Gasteiger partial charge in [0.25, 0.3) is 0 Å². The Kier molecular flexibility index (Phi) is 4.11. The maximum atomic E-state index is 12.6. The van der Waals surface area contributed by atoms with E-state index in [0.717, 1.165) is 11.6 Å². The molecule has 102 valence electrons. The number of aliphatic hydroxyl groups is 1. The van der Waals surface area contributed by atoms with E-state index < -0.39 is 17.8 Å². The van der Waals surface area contributed by atoms with Crippen LogP contribution in [0.15, 0.2) is 18.2 Å². The number of halogens is 3. The predicted molar refractivity (Wildman–Crippen MR) is 65.5 cm³/mol. The van der Waals surface area contributed by atoms with Crippen LogP contribution in [0.1, 0.15) is 43.9 Å². The van der Waals surface area contributed by atoms with Crippen LogP contribution in [0, 0.1) is 6.92 Å². The Hall–Kier alpha value is -1.03. The van der Waals surface area contributed by atoms with Gasteiger partial charge in [0, 0.05) is 0 Å². The number of aliphatic hydroxyl groups excluding tert-OH is 1. The van der Waals surface area contributed by atoms with Gasteiger partial charge in [0.05, 0.1) is 11.7 Å². The zero-order valence-electron chi connectivity index (χ0n) is 11.1. The fourth-order valence-corrected chi connectivity index (χ4v) is 2.45. The van der Waals surface area contributed by atoms with Gasteiger partial charge >= 0.3 is 6.18 Å². The number of hydrogen-bond acceptors (Lipinski definition) is 1. The maximum absolute atomic E-state index is 12.6. The van der Waals surface area contributed by atoms with E-state index in [0.29, 0.717) is 12.0 Å². The standard InChI is InChI=1S/C14H19F3O/c1-9-7-11(14(15,16)17)5-6-12(9)13(3,4)8-10(2)18/h5-7,10,18H,8H2,1-4H3. The Morgan fingerprint density at radius 3 is 2.17 bits per heavy atom. The number of rotatable bonds is 3. The first-order chi connectivity index (χ1) is 8.04. The first kappa shape index (κ1) is 15.0. The molecule has 0 saturated heterocycles. The van der Waals surface area contributed by atoms with Crippen molar-refractivity contribution in [2.45, 2.75) is 51.8 Å². The van der Waals surface area contributed by atoms with Crippen LogP contribution in [0.4, 0.5) is 13.2 Å². The van der Waals surface area contributed by atoms with E-state index >= 15 is 0 Å². The van der Waals surface area contributed by atoms with Crippen molar-refractivity contribution in [1.29, 1.82) is 0 Å². The topological polar surface area (TPSA) is 20.2 Å². The summed E-state index contributed by atoms with van der Waals surface area (Å²) in [6, 6.07) is 3.78. The van der Waals surface area contributed by atoms with Gasteiger partial charge < -0.3 is 5.11 Å². The lowest BCUT2D eigenvalue weighted by molar-refractivity contribution is -0.137. The van der Waals surface area contributed by atoms with Gasteiger partial charge in [-0.1, -0.05) is 19.9 Å². The zero-order chi connectivity index (χ0) is 14.1. The molecule has 0 fully saturated rings. The van der Waals surface area contributed by atoms with E-state index in [1.54, 1.807) is 13.8 Å². The van der Waals surface area contributed by atoms with Gasteiger partial charge in [-0.3, -0.25) is 0 Å². The largest absolute Gasteiger partial charge is 0.416 e. The van der Waals surface area contributed by atoms with E-state index in [2.05, 4.69) is 0 Å². The molecule has 1 aromatic rings. The molecule has 0 aliphatic carbocycles. The van der Waals surface area contributed by atoms with E-state index in [-0.39, 0.29) is 5.41 Å². The van der Waals surface area contributed by atoms with Crippen LogP contribution in [0.3, 0.4) is 0 Å². The summed E-state index contributed by atoms with van der Waals surface area (Å²) in [5.74, 6) is 0. The van der Waals surface area contributed by atoms with Crippen LogP contribution in [-0.2, 0) is 11.6 Å². The molecule has 1 rings (SSSR count). The Bertz CT molecular complexity index is 420. The van der Waals surface area contributed by atoms with E-state index in [1.807, 2.05) is 13.8 Å². The second-order valence-electron chi connectivity index (χ2n) is 5.46. The summed E-state index contributed by atoms with van der Waals surface area (Å²) in [4.78, 5) is 0. The van der Waals surface area contributed by atoms with Crippen molar-refractivity contribution < 1.29 is 18.3 Å². The molecule has 0 amide bonds. The van der Waals surface area contributed by atoms with Crippen molar-refractivity contribution in [3.63, 3.8) is 0 Å². The molecule has 0 heterocycles. The molecule has 1 N–H and O–H groups in total. The summed E-state index contributed by atoms with van der Waals surface area (Å²) in [6.07, 6.45) is -4.28. The normalized spacial score (nSPS) is 14.7. The smallest absolute Gasteiger partial charge is 0.393 e. The third-order valence-corrected chi connectivity index (χ3v) is 3.09. The minimum Gasteiger partial charge on any atom is -0.393 e. The Morgan fingerprint density at radius 1 is 1.22 bits per heavy atom. The van der Waals surface area contributed by atoms with Crippen LogP contribution in [-0.4, -0.2) is 11.2 Å². The summed E-state index contributed by atoms with van der Waals surface area (Å²) in [7, 11) is 0. The summed E-state index contributed by atoms with van der Waals surface area (Å²) in [6.45, 7) is 7.21. The van der Waals surface area contributed by atoms with Crippen molar-refractivity contribution in [1.82, 2.24) is 0 Å². The molecule has 0 bridgehead atoms. The third kappa shape index (κ3) is 3.48. The van der Waals surface area contributed by atoms with Gasteiger partial charge in [-0.25, -0.2) is 0 Å². The van der Waals surface area contributed by atoms with Gasteiger partial charge in [0.15, 0.2) is 0 Å². The van der Waals surface area contributed by atoms with Gasteiger partial charge in [-0.15, -0.1) is 0 Å². The summed E-state index contributed by atoms with van der Waals surface area (Å²) < 4.78 is 37.7. The number of hydrogen-bond donors (Lipinski definition) is 1. The van der Waals surface area contributed by atoms with E-state index in [1.165, 1.54) is 12.1 Å². The molecule has 0 saturated carbocycles. The van der Waals surface area contributed by atoms with Gasteiger partial charge in [0.2, 0.25) is 0 Å². The minimum absolute atomic E-state index is 0.345. The van der Waals surface area contributed by atoms with E-state index in [4.69, 9.17) is 0 Å². The van der Waals surface area contributed by atoms with Crippen LogP contribution >= 0.6 is 0 Å². The molecule has 1 nitrogen and oxygen atoms in total. The number of aryl methyl sites for hydroxylation is 1. The summed E-state index contributed by atoms with van der Waals surface area (Å²) in [5, 5.41) is 9.44. The average molecular weight is 260 g/mol. The fourth-order valence-electron chi connectivity index (χ4n) is 2.45. The number of alkyl halides is 3. The summed E-state index contributed by atoms with van der Waals surface area (Å²) in [5.41, 5.74) is 0.478. The molecule has 0 aromatic heterocycles. The van der Waals surface area contributed by atoms with Crippen LogP contribution in [0.5, 0.6) is 0 Å². The molecule has 18 heavy (non-hydrogen) atoms. The molecule has 1 atom stereocenters. The second-order valence-corrected chi connectivity index (χ2v) is 5.46. The Morgan fingerprint density at radius 2 is 1.78 bits per heavy atom. The van der Waals surface area contributed by atoms with Crippen LogP contribution < -0.4 is 0 Å². The van der Waals surface area contributed by atoms with Crippen molar-refractivity contribution in [2.24, 2.45) is 0 Å². The van der Waals surface area contributed by atoms with Gasteiger partial charge in [-0.2, -0.15) is 13.2 Å². The highest BCUT2D eigenvalue weighted by Gasteiger charge is 2.32. The quantitative estimate of drug-likeness (QED) is 0.868. The van der Waals surface area contributed by atoms with Crippen molar-refractivity contribution in [3.05, 3.63) is 34.9 Å². The van der Waals surface area contributed by atoms with Crippen molar-refractivity contribution >= 4 is 0 Å². The average Bonchev–Trinajstić information content (AvgIpc) is 2.13. The Balaban J connectivity index is 3.13. The fraction of sp³-hybridized carbons (Fsp3) is 0.571. The van der Waals surface area contributed by atoms with Crippen molar-refractivity contribution in [2.75, 3.05) is 0 Å². The highest BCUT2D eigenvalue weighted by atomic mass is 19.4. The lowest BCUT2D eigenvalue weighted by Crippen LogP contribution is -2.24. The van der Waals surface area contributed by atoms with Gasteiger partial charge in [-0.05, 0) is 48.9 Å². The maximum Gasteiger partial charge on any atom is 0.416 e. The first-order valence-electron chi connectivity index (χ1n) is 5.90. The zero-order valence-corrected chi connectivity index (χ0v) is 11.1. The second kappa shape index (κ2) is 4.92. The molecule has 0 spiro atoms. The first-order valence-corrected chi connectivity index (χ1v) is 5.90. The molecule has 0 aliphatic heterocycles. The van der Waals surface area contributed by atoms with E-state index in [9.17, 15) is 18.3 Å². The summed E-state index contributed by atoms with van der Waals surface area (Å²) >= 11 is 0. The van der Waals surface area contributed by atoms with Crippen LogP contribution in [0.25, 0.3) is 0 Å². The lowest BCUT2D eigenvalue weighted by atomic mass is 9.77. The molecule has 1 aromatic carbocycles. The third-order valence-electron chi connectivity index (χ3n) is 3.09. The highest BCUT2D eigenvalue weighted by molar-refractivity contribution is 5.37. The van der Waals surface area contributed by atoms with Crippen LogP contribution in [0.2, 0.25) is 0 Å². The molecular weight excluding hydrogens is 241 g/mol.